The number of likely N-dealkylation sites (tertiary alicyclic amines) is 2. The summed E-state index contributed by atoms with van der Waals surface area (Å²) in [6, 6.07) is 9.60. The maximum atomic E-state index is 11.7. The van der Waals surface area contributed by atoms with Crippen LogP contribution in [0.2, 0.25) is 0 Å². The predicted octanol–water partition coefficient (Wildman–Crippen LogP) is 3.58. The monoisotopic (exact) mass is 451 g/mol. The van der Waals surface area contributed by atoms with E-state index < -0.39 is 6.23 Å². The number of nitrogens with zero attached hydrogens (tertiary/aromatic N) is 4. The number of aliphatic imine (C=N–C) groups is 1. The van der Waals surface area contributed by atoms with Crippen molar-refractivity contribution in [2.24, 2.45) is 16.8 Å². The van der Waals surface area contributed by atoms with Crippen LogP contribution in [0, 0.1) is 11.8 Å². The third-order valence-corrected chi connectivity index (χ3v) is 9.09. The van der Waals surface area contributed by atoms with Crippen LogP contribution in [-0.4, -0.2) is 78.3 Å². The number of benzene rings is 1. The normalized spacial score (nSPS) is 32.3. The molecule has 4 heterocycles. The molecule has 6 nitrogen and oxygen atoms in total. The van der Waals surface area contributed by atoms with E-state index in [1.807, 2.05) is 0 Å². The van der Waals surface area contributed by atoms with Crippen LogP contribution in [0.15, 0.2) is 29.3 Å². The summed E-state index contributed by atoms with van der Waals surface area (Å²) in [7, 11) is 0. The van der Waals surface area contributed by atoms with Gasteiger partial charge in [0.1, 0.15) is 0 Å². The van der Waals surface area contributed by atoms with Gasteiger partial charge in [0.25, 0.3) is 0 Å². The standard InChI is InChI=1S/C27H41N5O/c33-27-26(31-18-20-16-28-17-21(20)19-31)29-24-10-6-7-11-25(24)32(27)23-12-14-30(15-13-23)22-8-4-2-1-3-5-9-22/h6-7,10-11,20-23,27-28,33H,1-5,8-9,12-19H2. The Bertz CT molecular complexity index is 831. The second-order valence-corrected chi connectivity index (χ2v) is 11.1. The summed E-state index contributed by atoms with van der Waals surface area (Å²) in [4.78, 5) is 12.5. The minimum atomic E-state index is -0.635. The summed E-state index contributed by atoms with van der Waals surface area (Å²) in [5.41, 5.74) is 2.13. The first-order valence-corrected chi connectivity index (χ1v) is 13.6. The molecule has 6 heteroatoms. The lowest BCUT2D eigenvalue weighted by molar-refractivity contribution is 0.115. The molecule has 5 aliphatic rings. The molecule has 0 bridgehead atoms. The van der Waals surface area contributed by atoms with Crippen molar-refractivity contribution >= 4 is 17.2 Å². The number of aliphatic hydroxyl groups excluding tert-OH is 1. The molecule has 0 amide bonds. The van der Waals surface area contributed by atoms with Gasteiger partial charge in [0, 0.05) is 51.4 Å². The largest absolute Gasteiger partial charge is 0.367 e. The highest BCUT2D eigenvalue weighted by Gasteiger charge is 2.43. The van der Waals surface area contributed by atoms with Crippen LogP contribution >= 0.6 is 0 Å². The number of amidine groups is 1. The molecule has 180 valence electrons. The Morgan fingerprint density at radius 1 is 0.818 bits per heavy atom. The van der Waals surface area contributed by atoms with Crippen molar-refractivity contribution < 1.29 is 5.11 Å². The minimum absolute atomic E-state index is 0.375. The summed E-state index contributed by atoms with van der Waals surface area (Å²) < 4.78 is 0. The number of aliphatic hydroxyl groups is 1. The van der Waals surface area contributed by atoms with Gasteiger partial charge in [0.2, 0.25) is 0 Å². The topological polar surface area (TPSA) is 54.3 Å². The highest BCUT2D eigenvalue weighted by atomic mass is 16.3. The highest BCUT2D eigenvalue weighted by Crippen LogP contribution is 2.39. The number of fused-ring (bicyclic) bond motifs is 2. The molecular formula is C27H41N5O. The van der Waals surface area contributed by atoms with E-state index in [1.54, 1.807) is 0 Å². The lowest BCUT2D eigenvalue weighted by Gasteiger charge is -2.46. The number of rotatable bonds is 2. The van der Waals surface area contributed by atoms with Crippen LogP contribution in [0.25, 0.3) is 0 Å². The first kappa shape index (κ1) is 21.9. The van der Waals surface area contributed by atoms with Crippen molar-refractivity contribution in [2.45, 2.75) is 76.1 Å². The molecule has 3 saturated heterocycles. The van der Waals surface area contributed by atoms with Crippen molar-refractivity contribution in [1.82, 2.24) is 15.1 Å². The van der Waals surface area contributed by atoms with Crippen molar-refractivity contribution in [3.05, 3.63) is 24.3 Å². The fourth-order valence-corrected chi connectivity index (χ4v) is 7.22. The van der Waals surface area contributed by atoms with Crippen LogP contribution in [0.1, 0.15) is 57.8 Å². The number of anilines is 1. The van der Waals surface area contributed by atoms with E-state index in [1.165, 1.54) is 44.9 Å². The van der Waals surface area contributed by atoms with Crippen LogP contribution in [0.5, 0.6) is 0 Å². The molecule has 0 radical (unpaired) electrons. The Hall–Kier alpha value is -1.63. The Labute approximate surface area is 199 Å². The summed E-state index contributed by atoms with van der Waals surface area (Å²) in [6.07, 6.45) is 11.4. The van der Waals surface area contributed by atoms with Crippen LogP contribution in [0.4, 0.5) is 11.4 Å². The molecule has 33 heavy (non-hydrogen) atoms. The molecule has 0 aromatic heterocycles. The Balaban J connectivity index is 1.18. The smallest absolute Gasteiger partial charge is 0.186 e. The van der Waals surface area contributed by atoms with Gasteiger partial charge >= 0.3 is 0 Å². The van der Waals surface area contributed by atoms with E-state index in [-0.39, 0.29) is 0 Å². The van der Waals surface area contributed by atoms with Gasteiger partial charge in [-0.2, -0.15) is 0 Å². The molecular weight excluding hydrogens is 410 g/mol. The van der Waals surface area contributed by atoms with Gasteiger partial charge in [-0.1, -0.05) is 44.2 Å². The molecule has 1 saturated carbocycles. The molecule has 4 fully saturated rings. The summed E-state index contributed by atoms with van der Waals surface area (Å²) >= 11 is 0. The lowest BCUT2D eigenvalue weighted by Crippen LogP contribution is -2.57. The number of para-hydroxylation sites is 2. The third-order valence-electron chi connectivity index (χ3n) is 9.09. The average Bonchev–Trinajstić information content (AvgIpc) is 3.41. The second-order valence-electron chi connectivity index (χ2n) is 11.1. The Morgan fingerprint density at radius 3 is 2.21 bits per heavy atom. The number of hydrogen-bond acceptors (Lipinski definition) is 6. The lowest BCUT2D eigenvalue weighted by atomic mass is 9.92. The first-order valence-electron chi connectivity index (χ1n) is 13.6. The van der Waals surface area contributed by atoms with Crippen molar-refractivity contribution in [3.63, 3.8) is 0 Å². The number of hydrogen-bond donors (Lipinski definition) is 2. The van der Waals surface area contributed by atoms with Gasteiger partial charge in [-0.05, 0) is 49.7 Å². The molecule has 4 aliphatic heterocycles. The van der Waals surface area contributed by atoms with E-state index >= 15 is 0 Å². The van der Waals surface area contributed by atoms with Gasteiger partial charge in [0.05, 0.1) is 11.4 Å². The molecule has 3 atom stereocenters. The zero-order valence-corrected chi connectivity index (χ0v) is 20.0. The summed E-state index contributed by atoms with van der Waals surface area (Å²) in [5, 5.41) is 15.2. The molecule has 2 N–H and O–H groups in total. The first-order chi connectivity index (χ1) is 16.3. The van der Waals surface area contributed by atoms with Crippen molar-refractivity contribution in [2.75, 3.05) is 44.2 Å². The van der Waals surface area contributed by atoms with Crippen LogP contribution in [0.3, 0.4) is 0 Å². The Kier molecular flexibility index (Phi) is 6.33. The van der Waals surface area contributed by atoms with E-state index in [9.17, 15) is 5.11 Å². The van der Waals surface area contributed by atoms with Crippen molar-refractivity contribution in [3.8, 4) is 0 Å². The van der Waals surface area contributed by atoms with Gasteiger partial charge in [0.15, 0.2) is 12.1 Å². The maximum Gasteiger partial charge on any atom is 0.186 e. The number of piperidine rings is 1. The van der Waals surface area contributed by atoms with Crippen LogP contribution < -0.4 is 10.2 Å². The average molecular weight is 452 g/mol. The number of nitrogens with one attached hydrogen (secondary N) is 1. The van der Waals surface area contributed by atoms with E-state index in [0.29, 0.717) is 17.9 Å². The zero-order chi connectivity index (χ0) is 22.2. The van der Waals surface area contributed by atoms with E-state index in [4.69, 9.17) is 4.99 Å². The SMILES string of the molecule is OC1C(N2CC3CNCC3C2)=Nc2ccccc2N1C1CCN(C2CCCCCCC2)CC1. The van der Waals surface area contributed by atoms with E-state index in [0.717, 1.165) is 75.4 Å². The van der Waals surface area contributed by atoms with E-state index in [2.05, 4.69) is 44.3 Å². The summed E-state index contributed by atoms with van der Waals surface area (Å²) in [5.74, 6) is 2.26. The fourth-order valence-electron chi connectivity index (χ4n) is 7.22. The Morgan fingerprint density at radius 2 is 1.48 bits per heavy atom. The molecule has 6 rings (SSSR count). The maximum absolute atomic E-state index is 11.7. The quantitative estimate of drug-likeness (QED) is 0.720. The van der Waals surface area contributed by atoms with Gasteiger partial charge < -0.3 is 25.1 Å². The van der Waals surface area contributed by atoms with Crippen molar-refractivity contribution in [1.29, 1.82) is 0 Å². The zero-order valence-electron chi connectivity index (χ0n) is 20.0. The van der Waals surface area contributed by atoms with Gasteiger partial charge in [-0.15, -0.1) is 0 Å². The highest BCUT2D eigenvalue weighted by molar-refractivity contribution is 5.96. The molecule has 1 aromatic rings. The fraction of sp³-hybridized carbons (Fsp3) is 0.741. The molecule has 1 aliphatic carbocycles. The molecule has 1 aromatic carbocycles. The van der Waals surface area contributed by atoms with Crippen LogP contribution in [-0.2, 0) is 0 Å². The molecule has 3 unspecified atom stereocenters. The van der Waals surface area contributed by atoms with Gasteiger partial charge in [-0.3, -0.25) is 0 Å². The summed E-state index contributed by atoms with van der Waals surface area (Å²) in [6.45, 7) is 6.56. The van der Waals surface area contributed by atoms with Gasteiger partial charge in [-0.25, -0.2) is 4.99 Å². The molecule has 0 spiro atoms. The minimum Gasteiger partial charge on any atom is -0.367 e. The second kappa shape index (κ2) is 9.55. The predicted molar refractivity (Wildman–Crippen MR) is 134 cm³/mol. The third kappa shape index (κ3) is 4.30.